The second kappa shape index (κ2) is 8.00. The molecular weight excluding hydrogens is 352 g/mol. The van der Waals surface area contributed by atoms with E-state index in [-0.39, 0.29) is 11.8 Å². The lowest BCUT2D eigenvalue weighted by Crippen LogP contribution is -2.25. The summed E-state index contributed by atoms with van der Waals surface area (Å²) >= 11 is 0. The van der Waals surface area contributed by atoms with Crippen LogP contribution in [0.3, 0.4) is 0 Å². The minimum absolute atomic E-state index is 0.0536. The number of rotatable bonds is 6. The maximum atomic E-state index is 12.3. The van der Waals surface area contributed by atoms with Gasteiger partial charge in [0, 0.05) is 36.3 Å². The molecule has 0 aliphatic heterocycles. The van der Waals surface area contributed by atoms with E-state index >= 15 is 0 Å². The highest BCUT2D eigenvalue weighted by Gasteiger charge is 2.21. The van der Waals surface area contributed by atoms with Crippen LogP contribution in [0.5, 0.6) is 0 Å². The molecular formula is C22H20N4O2. The topological polar surface area (TPSA) is 84.0 Å². The maximum Gasteiger partial charge on any atom is 0.258 e. The molecule has 1 aliphatic rings. The molecule has 0 radical (unpaired) electrons. The minimum atomic E-state index is -0.261. The van der Waals surface area contributed by atoms with Crippen LogP contribution in [0.25, 0.3) is 11.1 Å². The summed E-state index contributed by atoms with van der Waals surface area (Å²) in [4.78, 5) is 32.7. The molecule has 140 valence electrons. The molecule has 0 saturated heterocycles. The minimum Gasteiger partial charge on any atom is -0.352 e. The Morgan fingerprint density at radius 3 is 2.50 bits per heavy atom. The quantitative estimate of drug-likeness (QED) is 0.693. The molecule has 2 amide bonds. The Bertz CT molecular complexity index is 983. The Balaban J connectivity index is 1.44. The summed E-state index contributed by atoms with van der Waals surface area (Å²) in [5.74, 6) is 0.784. The van der Waals surface area contributed by atoms with Gasteiger partial charge in [-0.05, 0) is 60.7 Å². The highest BCUT2D eigenvalue weighted by Crippen LogP contribution is 2.27. The predicted octanol–water partition coefficient (Wildman–Crippen LogP) is 3.54. The Labute approximate surface area is 163 Å². The fraction of sp³-hybridized carbons (Fsp3) is 0.182. The molecule has 28 heavy (non-hydrogen) atoms. The number of nitrogens with zero attached hydrogens (tertiary/aromatic N) is 2. The number of anilines is 1. The van der Waals surface area contributed by atoms with Crippen LogP contribution in [-0.2, 0) is 0 Å². The van der Waals surface area contributed by atoms with Crippen molar-refractivity contribution in [1.29, 1.82) is 0 Å². The van der Waals surface area contributed by atoms with E-state index in [0.29, 0.717) is 22.9 Å². The van der Waals surface area contributed by atoms with Gasteiger partial charge in [0.1, 0.15) is 5.82 Å². The second-order valence-electron chi connectivity index (χ2n) is 6.86. The van der Waals surface area contributed by atoms with Crippen molar-refractivity contribution in [2.45, 2.75) is 12.8 Å². The number of carbonyl (C=O) groups excluding carboxylic acids is 2. The summed E-state index contributed by atoms with van der Waals surface area (Å²) in [5.41, 5.74) is 2.87. The van der Waals surface area contributed by atoms with Gasteiger partial charge in [-0.15, -0.1) is 0 Å². The summed E-state index contributed by atoms with van der Waals surface area (Å²) in [6.07, 6.45) is 7.21. The van der Waals surface area contributed by atoms with Crippen LogP contribution in [0.1, 0.15) is 33.6 Å². The molecule has 1 aromatic carbocycles. The van der Waals surface area contributed by atoms with Crippen molar-refractivity contribution >= 4 is 17.6 Å². The number of pyridine rings is 2. The van der Waals surface area contributed by atoms with E-state index in [1.807, 2.05) is 30.3 Å². The van der Waals surface area contributed by atoms with Crippen LogP contribution in [-0.4, -0.2) is 28.3 Å². The molecule has 2 heterocycles. The lowest BCUT2D eigenvalue weighted by Gasteiger charge is -2.08. The van der Waals surface area contributed by atoms with Gasteiger partial charge in [0.25, 0.3) is 11.8 Å². The third kappa shape index (κ3) is 4.40. The first-order chi connectivity index (χ1) is 13.7. The van der Waals surface area contributed by atoms with E-state index < -0.39 is 0 Å². The lowest BCUT2D eigenvalue weighted by atomic mass is 10.0. The third-order valence-corrected chi connectivity index (χ3v) is 4.64. The molecule has 3 aromatic rings. The highest BCUT2D eigenvalue weighted by atomic mass is 16.2. The maximum absolute atomic E-state index is 12.3. The van der Waals surface area contributed by atoms with Crippen molar-refractivity contribution in [3.63, 3.8) is 0 Å². The molecule has 0 spiro atoms. The largest absolute Gasteiger partial charge is 0.352 e. The molecule has 6 nitrogen and oxygen atoms in total. The van der Waals surface area contributed by atoms with Gasteiger partial charge in [0.2, 0.25) is 0 Å². The van der Waals surface area contributed by atoms with Crippen molar-refractivity contribution in [2.75, 3.05) is 11.9 Å². The Kier molecular flexibility index (Phi) is 5.10. The SMILES string of the molecule is O=C(NCC1CC1)c1cccc(-c2ccc(NC(=O)c3cccnc3)nc2)c1. The normalized spacial score (nSPS) is 13.0. The first-order valence-corrected chi connectivity index (χ1v) is 9.25. The second-order valence-corrected chi connectivity index (χ2v) is 6.86. The Morgan fingerprint density at radius 2 is 1.79 bits per heavy atom. The zero-order chi connectivity index (χ0) is 19.3. The molecule has 0 atom stereocenters. The molecule has 1 fully saturated rings. The number of nitrogens with one attached hydrogen (secondary N) is 2. The lowest BCUT2D eigenvalue weighted by molar-refractivity contribution is 0.0951. The van der Waals surface area contributed by atoms with Crippen LogP contribution < -0.4 is 10.6 Å². The predicted molar refractivity (Wildman–Crippen MR) is 107 cm³/mol. The monoisotopic (exact) mass is 372 g/mol. The molecule has 2 aromatic heterocycles. The van der Waals surface area contributed by atoms with E-state index in [1.54, 1.807) is 30.6 Å². The molecule has 2 N–H and O–H groups in total. The van der Waals surface area contributed by atoms with Crippen LogP contribution in [0.4, 0.5) is 5.82 Å². The van der Waals surface area contributed by atoms with Crippen molar-refractivity contribution in [3.8, 4) is 11.1 Å². The summed E-state index contributed by atoms with van der Waals surface area (Å²) in [5, 5.41) is 5.72. The van der Waals surface area contributed by atoms with Gasteiger partial charge in [-0.1, -0.05) is 12.1 Å². The van der Waals surface area contributed by atoms with Gasteiger partial charge >= 0.3 is 0 Å². The highest BCUT2D eigenvalue weighted by molar-refractivity contribution is 6.03. The first kappa shape index (κ1) is 17.9. The molecule has 1 saturated carbocycles. The van der Waals surface area contributed by atoms with E-state index in [1.165, 1.54) is 19.0 Å². The molecule has 4 rings (SSSR count). The number of carbonyl (C=O) groups is 2. The van der Waals surface area contributed by atoms with Gasteiger partial charge in [-0.25, -0.2) is 4.98 Å². The summed E-state index contributed by atoms with van der Waals surface area (Å²) in [7, 11) is 0. The van der Waals surface area contributed by atoms with Crippen molar-refractivity contribution in [3.05, 3.63) is 78.2 Å². The summed E-state index contributed by atoms with van der Waals surface area (Å²) < 4.78 is 0. The summed E-state index contributed by atoms with van der Waals surface area (Å²) in [6, 6.07) is 14.5. The fourth-order valence-corrected chi connectivity index (χ4v) is 2.83. The van der Waals surface area contributed by atoms with Crippen molar-refractivity contribution in [2.24, 2.45) is 5.92 Å². The van der Waals surface area contributed by atoms with E-state index in [2.05, 4.69) is 20.6 Å². The Morgan fingerprint density at radius 1 is 0.929 bits per heavy atom. The van der Waals surface area contributed by atoms with E-state index in [0.717, 1.165) is 17.7 Å². The van der Waals surface area contributed by atoms with Crippen LogP contribution in [0.2, 0.25) is 0 Å². The average molecular weight is 372 g/mol. The standard InChI is InChI=1S/C22H20N4O2/c27-21(25-12-15-6-7-15)17-4-1-3-16(11-17)18-8-9-20(24-14-18)26-22(28)19-5-2-10-23-13-19/h1-5,8-11,13-15H,6-7,12H2,(H,25,27)(H,24,26,28). The van der Waals surface area contributed by atoms with Crippen LogP contribution >= 0.6 is 0 Å². The first-order valence-electron chi connectivity index (χ1n) is 9.25. The molecule has 0 unspecified atom stereocenters. The number of hydrogen-bond acceptors (Lipinski definition) is 4. The van der Waals surface area contributed by atoms with Gasteiger partial charge in [0.15, 0.2) is 0 Å². The number of aromatic nitrogens is 2. The van der Waals surface area contributed by atoms with E-state index in [9.17, 15) is 9.59 Å². The van der Waals surface area contributed by atoms with Gasteiger partial charge < -0.3 is 10.6 Å². The third-order valence-electron chi connectivity index (χ3n) is 4.64. The zero-order valence-electron chi connectivity index (χ0n) is 15.3. The number of benzene rings is 1. The van der Waals surface area contributed by atoms with Crippen LogP contribution in [0.15, 0.2) is 67.1 Å². The Hall–Kier alpha value is -3.54. The van der Waals surface area contributed by atoms with E-state index in [4.69, 9.17) is 0 Å². The average Bonchev–Trinajstić information content (AvgIpc) is 3.58. The van der Waals surface area contributed by atoms with Crippen molar-refractivity contribution in [1.82, 2.24) is 15.3 Å². The summed E-state index contributed by atoms with van der Waals surface area (Å²) in [6.45, 7) is 0.746. The molecule has 0 bridgehead atoms. The van der Waals surface area contributed by atoms with Gasteiger partial charge in [0.05, 0.1) is 5.56 Å². The molecule has 6 heteroatoms. The number of hydrogen-bond donors (Lipinski definition) is 2. The van der Waals surface area contributed by atoms with Crippen LogP contribution in [0, 0.1) is 5.92 Å². The van der Waals surface area contributed by atoms with Gasteiger partial charge in [-0.2, -0.15) is 0 Å². The van der Waals surface area contributed by atoms with Gasteiger partial charge in [-0.3, -0.25) is 14.6 Å². The molecule has 1 aliphatic carbocycles. The van der Waals surface area contributed by atoms with Crippen molar-refractivity contribution < 1.29 is 9.59 Å². The number of amides is 2. The zero-order valence-corrected chi connectivity index (χ0v) is 15.3. The fourth-order valence-electron chi connectivity index (χ4n) is 2.83. The smallest absolute Gasteiger partial charge is 0.258 e.